The monoisotopic (exact) mass is 239 g/mol. The molecule has 0 radical (unpaired) electrons. The smallest absolute Gasteiger partial charge is 0.127 e. The van der Waals surface area contributed by atoms with Gasteiger partial charge in [0.05, 0.1) is 14.2 Å². The molecule has 96 valence electrons. The van der Waals surface area contributed by atoms with Gasteiger partial charge in [-0.15, -0.1) is 0 Å². The molecular weight excluding hydrogens is 218 g/mol. The molecule has 0 saturated heterocycles. The van der Waals surface area contributed by atoms with Gasteiger partial charge < -0.3 is 19.5 Å². The minimum Gasteiger partial charge on any atom is -0.497 e. The van der Waals surface area contributed by atoms with E-state index in [1.165, 1.54) is 0 Å². The number of hydrogen-bond acceptors (Lipinski definition) is 4. The predicted octanol–water partition coefficient (Wildman–Crippen LogP) is 1.83. The van der Waals surface area contributed by atoms with Crippen molar-refractivity contribution in [1.29, 1.82) is 0 Å². The van der Waals surface area contributed by atoms with Gasteiger partial charge in [0, 0.05) is 31.9 Å². The Morgan fingerprint density at radius 1 is 1.12 bits per heavy atom. The fraction of sp³-hybridized carbons (Fsp3) is 0.538. The number of ether oxygens (including phenoxy) is 3. The summed E-state index contributed by atoms with van der Waals surface area (Å²) in [7, 11) is 5.03. The van der Waals surface area contributed by atoms with Crippen LogP contribution in [0.1, 0.15) is 12.0 Å². The zero-order valence-corrected chi connectivity index (χ0v) is 10.8. The normalized spacial score (nSPS) is 10.3. The second-order valence-electron chi connectivity index (χ2n) is 3.70. The van der Waals surface area contributed by atoms with Gasteiger partial charge in [0.2, 0.25) is 0 Å². The van der Waals surface area contributed by atoms with E-state index in [4.69, 9.17) is 14.2 Å². The Kier molecular flexibility index (Phi) is 6.43. The van der Waals surface area contributed by atoms with Crippen molar-refractivity contribution in [1.82, 2.24) is 5.32 Å². The molecule has 0 heterocycles. The van der Waals surface area contributed by atoms with Gasteiger partial charge in [-0.1, -0.05) is 6.07 Å². The maximum atomic E-state index is 5.32. The number of hydrogen-bond donors (Lipinski definition) is 1. The Labute approximate surface area is 103 Å². The summed E-state index contributed by atoms with van der Waals surface area (Å²) < 4.78 is 15.5. The van der Waals surface area contributed by atoms with Crippen molar-refractivity contribution in [2.45, 2.75) is 13.0 Å². The van der Waals surface area contributed by atoms with Crippen LogP contribution in [0.5, 0.6) is 11.5 Å². The summed E-state index contributed by atoms with van der Waals surface area (Å²) in [5.41, 5.74) is 1.13. The summed E-state index contributed by atoms with van der Waals surface area (Å²) >= 11 is 0. The van der Waals surface area contributed by atoms with E-state index in [0.717, 1.165) is 43.2 Å². The van der Waals surface area contributed by atoms with Crippen LogP contribution >= 0.6 is 0 Å². The molecule has 17 heavy (non-hydrogen) atoms. The molecule has 0 fully saturated rings. The lowest BCUT2D eigenvalue weighted by atomic mass is 10.2. The van der Waals surface area contributed by atoms with E-state index in [9.17, 15) is 0 Å². The van der Waals surface area contributed by atoms with Crippen molar-refractivity contribution in [2.24, 2.45) is 0 Å². The number of nitrogens with one attached hydrogen (secondary N) is 1. The van der Waals surface area contributed by atoms with Gasteiger partial charge in [-0.3, -0.25) is 0 Å². The third kappa shape index (κ3) is 4.63. The summed E-state index contributed by atoms with van der Waals surface area (Å²) in [5, 5.41) is 3.35. The summed E-state index contributed by atoms with van der Waals surface area (Å²) in [5.74, 6) is 1.66. The van der Waals surface area contributed by atoms with Crippen LogP contribution in [0.2, 0.25) is 0 Å². The number of methoxy groups -OCH3 is 3. The Morgan fingerprint density at radius 2 is 1.94 bits per heavy atom. The molecule has 1 aromatic carbocycles. The highest BCUT2D eigenvalue weighted by molar-refractivity contribution is 5.40. The van der Waals surface area contributed by atoms with Gasteiger partial charge in [-0.25, -0.2) is 0 Å². The second-order valence-corrected chi connectivity index (χ2v) is 3.70. The van der Waals surface area contributed by atoms with Crippen LogP contribution in [0.15, 0.2) is 18.2 Å². The summed E-state index contributed by atoms with van der Waals surface area (Å²) in [6, 6.07) is 5.85. The molecule has 0 spiro atoms. The van der Waals surface area contributed by atoms with E-state index in [0.29, 0.717) is 0 Å². The first-order valence-electron chi connectivity index (χ1n) is 5.72. The van der Waals surface area contributed by atoms with E-state index in [1.54, 1.807) is 21.3 Å². The zero-order valence-electron chi connectivity index (χ0n) is 10.8. The molecule has 0 aliphatic rings. The lowest BCUT2D eigenvalue weighted by Gasteiger charge is -2.11. The Morgan fingerprint density at radius 3 is 2.59 bits per heavy atom. The SMILES string of the molecule is COCCCNCc1ccc(OC)cc1OC. The zero-order chi connectivity index (χ0) is 12.5. The average Bonchev–Trinajstić information content (AvgIpc) is 2.38. The Bertz CT molecular complexity index is 328. The molecule has 0 unspecified atom stereocenters. The molecule has 4 nitrogen and oxygen atoms in total. The van der Waals surface area contributed by atoms with E-state index < -0.39 is 0 Å². The fourth-order valence-electron chi connectivity index (χ4n) is 1.56. The molecule has 1 rings (SSSR count). The van der Waals surface area contributed by atoms with E-state index in [1.807, 2.05) is 18.2 Å². The molecule has 1 N–H and O–H groups in total. The van der Waals surface area contributed by atoms with E-state index in [2.05, 4.69) is 5.32 Å². The van der Waals surface area contributed by atoms with Crippen LogP contribution in [-0.4, -0.2) is 34.5 Å². The standard InChI is InChI=1S/C13H21NO3/c1-15-8-4-7-14-10-11-5-6-12(16-2)9-13(11)17-3/h5-6,9,14H,4,7-8,10H2,1-3H3. The first-order valence-corrected chi connectivity index (χ1v) is 5.72. The fourth-order valence-corrected chi connectivity index (χ4v) is 1.56. The topological polar surface area (TPSA) is 39.7 Å². The van der Waals surface area contributed by atoms with E-state index in [-0.39, 0.29) is 0 Å². The maximum Gasteiger partial charge on any atom is 0.127 e. The van der Waals surface area contributed by atoms with Crippen molar-refractivity contribution in [3.63, 3.8) is 0 Å². The third-order valence-electron chi connectivity index (χ3n) is 2.51. The van der Waals surface area contributed by atoms with Crippen molar-refractivity contribution >= 4 is 0 Å². The molecule has 0 saturated carbocycles. The van der Waals surface area contributed by atoms with Crippen LogP contribution in [0, 0.1) is 0 Å². The highest BCUT2D eigenvalue weighted by Crippen LogP contribution is 2.24. The molecule has 1 aromatic rings. The van der Waals surface area contributed by atoms with E-state index >= 15 is 0 Å². The van der Waals surface area contributed by atoms with Crippen LogP contribution in [0.25, 0.3) is 0 Å². The Hall–Kier alpha value is -1.26. The average molecular weight is 239 g/mol. The minimum absolute atomic E-state index is 0.784. The molecule has 4 heteroatoms. The first-order chi connectivity index (χ1) is 8.31. The number of rotatable bonds is 8. The van der Waals surface area contributed by atoms with Crippen LogP contribution in [0.4, 0.5) is 0 Å². The molecule has 0 amide bonds. The lowest BCUT2D eigenvalue weighted by Crippen LogP contribution is -2.16. The van der Waals surface area contributed by atoms with Crippen molar-refractivity contribution < 1.29 is 14.2 Å². The van der Waals surface area contributed by atoms with Gasteiger partial charge in [-0.05, 0) is 19.0 Å². The van der Waals surface area contributed by atoms with Crippen molar-refractivity contribution in [2.75, 3.05) is 34.5 Å². The summed E-state index contributed by atoms with van der Waals surface area (Å²) in [6.45, 7) is 2.51. The van der Waals surface area contributed by atoms with Crippen LogP contribution in [0.3, 0.4) is 0 Å². The Balaban J connectivity index is 2.46. The molecule has 0 atom stereocenters. The third-order valence-corrected chi connectivity index (χ3v) is 2.51. The largest absolute Gasteiger partial charge is 0.497 e. The van der Waals surface area contributed by atoms with Crippen LogP contribution < -0.4 is 14.8 Å². The second kappa shape index (κ2) is 7.92. The van der Waals surface area contributed by atoms with Crippen LogP contribution in [-0.2, 0) is 11.3 Å². The summed E-state index contributed by atoms with van der Waals surface area (Å²) in [6.07, 6.45) is 1.01. The molecule has 0 bridgehead atoms. The van der Waals surface area contributed by atoms with Gasteiger partial charge in [0.15, 0.2) is 0 Å². The lowest BCUT2D eigenvalue weighted by molar-refractivity contribution is 0.194. The molecule has 0 aliphatic carbocycles. The molecular formula is C13H21NO3. The summed E-state index contributed by atoms with van der Waals surface area (Å²) in [4.78, 5) is 0. The quantitative estimate of drug-likeness (QED) is 0.703. The number of benzene rings is 1. The predicted molar refractivity (Wildman–Crippen MR) is 67.7 cm³/mol. The highest BCUT2D eigenvalue weighted by Gasteiger charge is 2.04. The molecule has 0 aliphatic heterocycles. The maximum absolute atomic E-state index is 5.32. The minimum atomic E-state index is 0.784. The van der Waals surface area contributed by atoms with Gasteiger partial charge >= 0.3 is 0 Å². The van der Waals surface area contributed by atoms with Gasteiger partial charge in [0.1, 0.15) is 11.5 Å². The first kappa shape index (κ1) is 13.8. The highest BCUT2D eigenvalue weighted by atomic mass is 16.5. The molecule has 0 aromatic heterocycles. The van der Waals surface area contributed by atoms with Crippen molar-refractivity contribution in [3.05, 3.63) is 23.8 Å². The van der Waals surface area contributed by atoms with Gasteiger partial charge in [-0.2, -0.15) is 0 Å². The van der Waals surface area contributed by atoms with Crippen molar-refractivity contribution in [3.8, 4) is 11.5 Å². The van der Waals surface area contributed by atoms with Gasteiger partial charge in [0.25, 0.3) is 0 Å².